The lowest BCUT2D eigenvalue weighted by Gasteiger charge is -2.19. The van der Waals surface area contributed by atoms with Crippen LogP contribution in [0.2, 0.25) is 0 Å². The van der Waals surface area contributed by atoms with Gasteiger partial charge in [0.05, 0.1) is 6.42 Å². The summed E-state index contributed by atoms with van der Waals surface area (Å²) in [6.45, 7) is 1.53. The first kappa shape index (κ1) is 16.1. The van der Waals surface area contributed by atoms with Crippen LogP contribution < -0.4 is 10.2 Å². The average Bonchev–Trinajstić information content (AvgIpc) is 3.02. The van der Waals surface area contributed by atoms with Gasteiger partial charge in [0.15, 0.2) is 5.58 Å². The summed E-state index contributed by atoms with van der Waals surface area (Å²) >= 11 is 0. The molecule has 0 atom stereocenters. The molecule has 5 nitrogen and oxygen atoms in total. The highest BCUT2D eigenvalue weighted by atomic mass is 16.5. The molecule has 5 heteroatoms. The van der Waals surface area contributed by atoms with Gasteiger partial charge < -0.3 is 14.7 Å². The van der Waals surface area contributed by atoms with Crippen LogP contribution in [0.1, 0.15) is 12.1 Å². The molecule has 1 amide bonds. The zero-order valence-electron chi connectivity index (χ0n) is 13.7. The zero-order valence-corrected chi connectivity index (χ0v) is 13.7. The fourth-order valence-corrected chi connectivity index (χ4v) is 2.64. The molecule has 0 aliphatic heterocycles. The number of carbonyl (C=O) groups excluding carboxylic acids is 1. The van der Waals surface area contributed by atoms with E-state index < -0.39 is 0 Å². The van der Waals surface area contributed by atoms with E-state index in [1.54, 1.807) is 0 Å². The van der Waals surface area contributed by atoms with Crippen molar-refractivity contribution in [3.05, 3.63) is 60.3 Å². The molecule has 0 spiro atoms. The summed E-state index contributed by atoms with van der Waals surface area (Å²) in [6, 6.07) is 17.8. The Bertz CT molecular complexity index is 798. The molecule has 1 heterocycles. The van der Waals surface area contributed by atoms with Gasteiger partial charge in [-0.1, -0.05) is 35.5 Å². The molecule has 0 saturated heterocycles. The van der Waals surface area contributed by atoms with E-state index in [2.05, 4.69) is 34.6 Å². The zero-order chi connectivity index (χ0) is 16.8. The molecule has 3 aromatic rings. The highest BCUT2D eigenvalue weighted by Crippen LogP contribution is 2.18. The standard InChI is InChI=1S/C19H21N3O2/c1-22(15-8-3-2-4-9-15)13-7-12-20-19(23)14-17-16-10-5-6-11-18(16)24-21-17/h2-6,8-11H,7,12-14H2,1H3,(H,20,23). The minimum Gasteiger partial charge on any atom is -0.375 e. The first-order chi connectivity index (χ1) is 11.7. The maximum atomic E-state index is 12.1. The van der Waals surface area contributed by atoms with Crippen LogP contribution >= 0.6 is 0 Å². The number of benzene rings is 2. The van der Waals surface area contributed by atoms with Crippen molar-refractivity contribution in [3.8, 4) is 0 Å². The molecule has 24 heavy (non-hydrogen) atoms. The molecule has 1 aromatic heterocycles. The minimum absolute atomic E-state index is 0.0311. The second kappa shape index (κ2) is 7.64. The van der Waals surface area contributed by atoms with Crippen LogP contribution in [-0.4, -0.2) is 31.2 Å². The molecule has 0 unspecified atom stereocenters. The fraction of sp³-hybridized carbons (Fsp3) is 0.263. The largest absolute Gasteiger partial charge is 0.375 e. The van der Waals surface area contributed by atoms with Gasteiger partial charge in [-0.15, -0.1) is 0 Å². The predicted octanol–water partition coefficient (Wildman–Crippen LogP) is 3.01. The van der Waals surface area contributed by atoms with Crippen LogP contribution in [0.5, 0.6) is 0 Å². The van der Waals surface area contributed by atoms with Crippen molar-refractivity contribution < 1.29 is 9.32 Å². The summed E-state index contributed by atoms with van der Waals surface area (Å²) in [4.78, 5) is 14.2. The van der Waals surface area contributed by atoms with Crippen LogP contribution in [0.4, 0.5) is 5.69 Å². The SMILES string of the molecule is CN(CCCNC(=O)Cc1noc2ccccc12)c1ccccc1. The minimum atomic E-state index is -0.0311. The Morgan fingerprint density at radius 1 is 1.12 bits per heavy atom. The smallest absolute Gasteiger partial charge is 0.226 e. The molecule has 2 aromatic carbocycles. The lowest BCUT2D eigenvalue weighted by Crippen LogP contribution is -2.29. The number of fused-ring (bicyclic) bond motifs is 1. The Balaban J connectivity index is 1.43. The second-order valence-electron chi connectivity index (χ2n) is 5.76. The predicted molar refractivity (Wildman–Crippen MR) is 95.1 cm³/mol. The third-order valence-electron chi connectivity index (χ3n) is 3.97. The number of hydrogen-bond donors (Lipinski definition) is 1. The maximum Gasteiger partial charge on any atom is 0.226 e. The maximum absolute atomic E-state index is 12.1. The quantitative estimate of drug-likeness (QED) is 0.679. The molecule has 0 bridgehead atoms. The molecule has 124 valence electrons. The van der Waals surface area contributed by atoms with Crippen LogP contribution in [0, 0.1) is 0 Å². The van der Waals surface area contributed by atoms with Gasteiger partial charge in [-0.05, 0) is 30.7 Å². The molecular weight excluding hydrogens is 302 g/mol. The van der Waals surface area contributed by atoms with Crippen molar-refractivity contribution in [2.75, 3.05) is 25.0 Å². The second-order valence-corrected chi connectivity index (χ2v) is 5.76. The number of aromatic nitrogens is 1. The molecule has 0 radical (unpaired) electrons. The van der Waals surface area contributed by atoms with Gasteiger partial charge in [-0.25, -0.2) is 0 Å². The average molecular weight is 323 g/mol. The van der Waals surface area contributed by atoms with E-state index in [1.165, 1.54) is 5.69 Å². The first-order valence-corrected chi connectivity index (χ1v) is 8.10. The lowest BCUT2D eigenvalue weighted by molar-refractivity contribution is -0.120. The highest BCUT2D eigenvalue weighted by Gasteiger charge is 2.11. The van der Waals surface area contributed by atoms with Crippen molar-refractivity contribution in [3.63, 3.8) is 0 Å². The summed E-state index contributed by atoms with van der Waals surface area (Å²) in [6.07, 6.45) is 1.13. The van der Waals surface area contributed by atoms with E-state index in [9.17, 15) is 4.79 Å². The number of carbonyl (C=O) groups is 1. The Kier molecular flexibility index (Phi) is 5.11. The Hall–Kier alpha value is -2.82. The summed E-state index contributed by atoms with van der Waals surface area (Å²) in [5, 5.41) is 7.83. The number of nitrogens with zero attached hydrogens (tertiary/aromatic N) is 2. The fourth-order valence-electron chi connectivity index (χ4n) is 2.64. The van der Waals surface area contributed by atoms with Gasteiger partial charge in [0.25, 0.3) is 0 Å². The van der Waals surface area contributed by atoms with E-state index in [0.717, 1.165) is 18.4 Å². The number of para-hydroxylation sites is 2. The van der Waals surface area contributed by atoms with Crippen LogP contribution in [0.25, 0.3) is 11.0 Å². The molecule has 0 fully saturated rings. The van der Waals surface area contributed by atoms with Crippen molar-refractivity contribution in [1.29, 1.82) is 0 Å². The molecule has 3 rings (SSSR count). The molecule has 0 saturated carbocycles. The number of hydrogen-bond acceptors (Lipinski definition) is 4. The number of rotatable bonds is 7. The van der Waals surface area contributed by atoms with Crippen molar-refractivity contribution in [2.24, 2.45) is 0 Å². The van der Waals surface area contributed by atoms with Gasteiger partial charge in [-0.2, -0.15) is 0 Å². The van der Waals surface area contributed by atoms with Gasteiger partial charge in [0, 0.05) is 31.2 Å². The van der Waals surface area contributed by atoms with Crippen LogP contribution in [-0.2, 0) is 11.2 Å². The third-order valence-corrected chi connectivity index (χ3v) is 3.97. The molecule has 1 N–H and O–H groups in total. The monoisotopic (exact) mass is 323 g/mol. The molecular formula is C19H21N3O2. The Labute approximate surface area is 141 Å². The number of amides is 1. The summed E-state index contributed by atoms with van der Waals surface area (Å²) in [5.41, 5.74) is 2.58. The van der Waals surface area contributed by atoms with Crippen molar-refractivity contribution in [1.82, 2.24) is 10.5 Å². The topological polar surface area (TPSA) is 58.4 Å². The third kappa shape index (κ3) is 3.93. The van der Waals surface area contributed by atoms with Crippen LogP contribution in [0.15, 0.2) is 59.1 Å². The Morgan fingerprint density at radius 2 is 1.88 bits per heavy atom. The molecule has 0 aliphatic rings. The van der Waals surface area contributed by atoms with Crippen molar-refractivity contribution in [2.45, 2.75) is 12.8 Å². The van der Waals surface area contributed by atoms with E-state index in [-0.39, 0.29) is 12.3 Å². The van der Waals surface area contributed by atoms with Crippen LogP contribution in [0.3, 0.4) is 0 Å². The Morgan fingerprint density at radius 3 is 2.71 bits per heavy atom. The number of nitrogens with one attached hydrogen (secondary N) is 1. The lowest BCUT2D eigenvalue weighted by atomic mass is 10.1. The van der Waals surface area contributed by atoms with Gasteiger partial charge in [0.2, 0.25) is 5.91 Å². The normalized spacial score (nSPS) is 10.7. The first-order valence-electron chi connectivity index (χ1n) is 8.10. The summed E-state index contributed by atoms with van der Waals surface area (Å²) < 4.78 is 5.22. The van der Waals surface area contributed by atoms with Crippen molar-refractivity contribution >= 4 is 22.6 Å². The number of anilines is 1. The van der Waals surface area contributed by atoms with E-state index in [0.29, 0.717) is 17.8 Å². The summed E-state index contributed by atoms with van der Waals surface area (Å²) in [5.74, 6) is -0.0311. The van der Waals surface area contributed by atoms with E-state index in [4.69, 9.17) is 4.52 Å². The van der Waals surface area contributed by atoms with E-state index in [1.807, 2.05) is 42.5 Å². The summed E-state index contributed by atoms with van der Waals surface area (Å²) in [7, 11) is 2.05. The van der Waals surface area contributed by atoms with Gasteiger partial charge in [0.1, 0.15) is 5.69 Å². The highest BCUT2D eigenvalue weighted by molar-refractivity contribution is 5.86. The van der Waals surface area contributed by atoms with Gasteiger partial charge >= 0.3 is 0 Å². The van der Waals surface area contributed by atoms with Gasteiger partial charge in [-0.3, -0.25) is 4.79 Å². The molecule has 0 aliphatic carbocycles. The van der Waals surface area contributed by atoms with E-state index >= 15 is 0 Å².